The Morgan fingerprint density at radius 3 is 2.57 bits per heavy atom. The first-order valence-corrected chi connectivity index (χ1v) is 4.23. The lowest BCUT2D eigenvalue weighted by atomic mass is 10.1. The van der Waals surface area contributed by atoms with Crippen LogP contribution in [0.2, 0.25) is 0 Å². The number of rotatable bonds is 5. The zero-order valence-electron chi connectivity index (χ0n) is 8.87. The zero-order chi connectivity index (χ0) is 11.1. The number of nitrogens with two attached hydrogens (primary N) is 2. The molecular weight excluding hydrogens is 180 g/mol. The highest BCUT2D eigenvalue weighted by atomic mass is 16.6. The van der Waals surface area contributed by atoms with Crippen molar-refractivity contribution in [3.63, 3.8) is 0 Å². The molecule has 0 aromatic carbocycles. The highest BCUT2D eigenvalue weighted by molar-refractivity contribution is 5.31. The summed E-state index contributed by atoms with van der Waals surface area (Å²) >= 11 is 0. The molecule has 5 heteroatoms. The molecule has 80 valence electrons. The van der Waals surface area contributed by atoms with Crippen LogP contribution in [-0.2, 0) is 4.84 Å². The van der Waals surface area contributed by atoms with Gasteiger partial charge < -0.3 is 16.3 Å². The van der Waals surface area contributed by atoms with Gasteiger partial charge in [-0.05, 0) is 32.2 Å². The van der Waals surface area contributed by atoms with Crippen molar-refractivity contribution in [3.8, 4) is 0 Å². The Bertz CT molecular complexity index is 258. The van der Waals surface area contributed by atoms with Crippen LogP contribution in [0.25, 0.3) is 0 Å². The van der Waals surface area contributed by atoms with Crippen LogP contribution < -0.4 is 16.9 Å². The first kappa shape index (κ1) is 12.7. The SMILES string of the molecule is C=N/C(N)=C(/C)C(N)/C=C(\C)ONC. The second-order valence-corrected chi connectivity index (χ2v) is 2.84. The minimum Gasteiger partial charge on any atom is -0.414 e. The summed E-state index contributed by atoms with van der Waals surface area (Å²) < 4.78 is 0. The fourth-order valence-electron chi connectivity index (χ4n) is 0.868. The lowest BCUT2D eigenvalue weighted by Gasteiger charge is -2.10. The molecule has 0 heterocycles. The second-order valence-electron chi connectivity index (χ2n) is 2.84. The van der Waals surface area contributed by atoms with Gasteiger partial charge in [0, 0.05) is 7.05 Å². The molecule has 14 heavy (non-hydrogen) atoms. The fraction of sp³-hybridized carbons (Fsp3) is 0.444. The van der Waals surface area contributed by atoms with Gasteiger partial charge in [-0.25, -0.2) is 4.99 Å². The number of hydrogen-bond acceptors (Lipinski definition) is 5. The van der Waals surface area contributed by atoms with Crippen molar-refractivity contribution < 1.29 is 4.84 Å². The topological polar surface area (TPSA) is 85.7 Å². The minimum atomic E-state index is -0.311. The van der Waals surface area contributed by atoms with Crippen molar-refractivity contribution in [2.45, 2.75) is 19.9 Å². The average molecular weight is 198 g/mol. The van der Waals surface area contributed by atoms with Crippen molar-refractivity contribution in [2.75, 3.05) is 7.05 Å². The maximum absolute atomic E-state index is 5.82. The third-order valence-corrected chi connectivity index (χ3v) is 1.75. The van der Waals surface area contributed by atoms with Gasteiger partial charge in [-0.1, -0.05) is 0 Å². The molecule has 0 aromatic rings. The zero-order valence-corrected chi connectivity index (χ0v) is 8.87. The fourth-order valence-corrected chi connectivity index (χ4v) is 0.868. The van der Waals surface area contributed by atoms with E-state index in [4.69, 9.17) is 16.3 Å². The summed E-state index contributed by atoms with van der Waals surface area (Å²) in [5, 5.41) is 0. The minimum absolute atomic E-state index is 0.311. The Hall–Kier alpha value is -1.33. The van der Waals surface area contributed by atoms with E-state index in [1.807, 2.05) is 0 Å². The summed E-state index contributed by atoms with van der Waals surface area (Å²) in [4.78, 5) is 8.60. The van der Waals surface area contributed by atoms with Crippen LogP contribution in [0.3, 0.4) is 0 Å². The maximum atomic E-state index is 5.82. The largest absolute Gasteiger partial charge is 0.414 e. The Morgan fingerprint density at radius 1 is 1.57 bits per heavy atom. The normalized spacial score (nSPS) is 15.9. The smallest absolute Gasteiger partial charge is 0.123 e. The summed E-state index contributed by atoms with van der Waals surface area (Å²) in [5.41, 5.74) is 14.7. The van der Waals surface area contributed by atoms with E-state index in [0.29, 0.717) is 11.6 Å². The molecule has 0 bridgehead atoms. The molecule has 0 aromatic heterocycles. The molecule has 1 atom stereocenters. The monoisotopic (exact) mass is 198 g/mol. The Balaban J connectivity index is 4.55. The summed E-state index contributed by atoms with van der Waals surface area (Å²) in [6.07, 6.45) is 1.74. The molecule has 5 N–H and O–H groups in total. The van der Waals surface area contributed by atoms with Crippen LogP contribution in [-0.4, -0.2) is 19.8 Å². The van der Waals surface area contributed by atoms with E-state index in [0.717, 1.165) is 5.57 Å². The Kier molecular flexibility index (Phi) is 5.59. The van der Waals surface area contributed by atoms with Crippen molar-refractivity contribution >= 4 is 6.72 Å². The molecule has 0 fully saturated rings. The number of hydrogen-bond donors (Lipinski definition) is 3. The van der Waals surface area contributed by atoms with E-state index < -0.39 is 0 Å². The first-order chi connectivity index (χ1) is 6.52. The summed E-state index contributed by atoms with van der Waals surface area (Å²) in [7, 11) is 1.67. The van der Waals surface area contributed by atoms with Gasteiger partial charge in [0.15, 0.2) is 0 Å². The molecule has 0 radical (unpaired) electrons. The number of nitrogens with zero attached hydrogens (tertiary/aromatic N) is 1. The Morgan fingerprint density at radius 2 is 2.14 bits per heavy atom. The summed E-state index contributed by atoms with van der Waals surface area (Å²) in [6, 6.07) is -0.311. The maximum Gasteiger partial charge on any atom is 0.123 e. The molecule has 0 saturated carbocycles. The molecule has 0 saturated heterocycles. The van der Waals surface area contributed by atoms with Crippen LogP contribution in [0.1, 0.15) is 13.8 Å². The number of nitrogens with one attached hydrogen (secondary N) is 1. The van der Waals surface area contributed by atoms with Gasteiger partial charge in [0.25, 0.3) is 0 Å². The van der Waals surface area contributed by atoms with E-state index in [9.17, 15) is 0 Å². The summed E-state index contributed by atoms with van der Waals surface area (Å²) in [6.45, 7) is 6.92. The molecule has 0 rings (SSSR count). The van der Waals surface area contributed by atoms with E-state index in [-0.39, 0.29) is 6.04 Å². The van der Waals surface area contributed by atoms with Gasteiger partial charge in [0.05, 0.1) is 6.04 Å². The van der Waals surface area contributed by atoms with E-state index >= 15 is 0 Å². The van der Waals surface area contributed by atoms with E-state index in [1.165, 1.54) is 0 Å². The molecule has 0 spiro atoms. The van der Waals surface area contributed by atoms with Crippen molar-refractivity contribution in [3.05, 3.63) is 23.2 Å². The lowest BCUT2D eigenvalue weighted by Crippen LogP contribution is -2.22. The quantitative estimate of drug-likeness (QED) is 0.336. The predicted octanol–water partition coefficient (Wildman–Crippen LogP) is 0.259. The average Bonchev–Trinajstić information content (AvgIpc) is 2.15. The van der Waals surface area contributed by atoms with Gasteiger partial charge in [-0.15, -0.1) is 0 Å². The summed E-state index contributed by atoms with van der Waals surface area (Å²) in [5.74, 6) is 1.03. The number of hydroxylamine groups is 1. The molecule has 0 aliphatic carbocycles. The van der Waals surface area contributed by atoms with Crippen molar-refractivity contribution in [1.29, 1.82) is 0 Å². The number of aliphatic imine (C=N–C) groups is 1. The molecule has 0 aliphatic heterocycles. The van der Waals surface area contributed by atoms with Crippen molar-refractivity contribution in [1.82, 2.24) is 5.48 Å². The highest BCUT2D eigenvalue weighted by Gasteiger charge is 2.05. The lowest BCUT2D eigenvalue weighted by molar-refractivity contribution is 0.127. The van der Waals surface area contributed by atoms with Crippen LogP contribution in [0.5, 0.6) is 0 Å². The van der Waals surface area contributed by atoms with Gasteiger partial charge in [-0.2, -0.15) is 5.48 Å². The molecule has 0 amide bonds. The molecule has 1 unspecified atom stereocenters. The van der Waals surface area contributed by atoms with Crippen LogP contribution in [0.15, 0.2) is 28.2 Å². The van der Waals surface area contributed by atoms with Crippen LogP contribution >= 0.6 is 0 Å². The third-order valence-electron chi connectivity index (χ3n) is 1.75. The first-order valence-electron chi connectivity index (χ1n) is 4.23. The van der Waals surface area contributed by atoms with Crippen LogP contribution in [0.4, 0.5) is 0 Å². The van der Waals surface area contributed by atoms with E-state index in [2.05, 4.69) is 17.2 Å². The van der Waals surface area contributed by atoms with Gasteiger partial charge in [0.2, 0.25) is 0 Å². The second kappa shape index (κ2) is 6.17. The van der Waals surface area contributed by atoms with Crippen molar-refractivity contribution in [2.24, 2.45) is 16.5 Å². The van der Waals surface area contributed by atoms with E-state index in [1.54, 1.807) is 27.0 Å². The standard InChI is InChI=1S/C9H18N4O/c1-6(14-13-4)5-8(10)7(2)9(11)12-3/h5,8,13H,3,10-11H2,1-2,4H3/b6-5+,9-7-. The third kappa shape index (κ3) is 4.06. The van der Waals surface area contributed by atoms with Gasteiger partial charge in [-0.3, -0.25) is 0 Å². The molecule has 5 nitrogen and oxygen atoms in total. The van der Waals surface area contributed by atoms with Gasteiger partial charge in [0.1, 0.15) is 11.6 Å². The molecular formula is C9H18N4O. The number of allylic oxidation sites excluding steroid dienone is 1. The van der Waals surface area contributed by atoms with Gasteiger partial charge >= 0.3 is 0 Å². The molecule has 0 aliphatic rings. The highest BCUT2D eigenvalue weighted by Crippen LogP contribution is 2.07. The predicted molar refractivity (Wildman–Crippen MR) is 58.3 cm³/mol. The van der Waals surface area contributed by atoms with Crippen LogP contribution in [0, 0.1) is 0 Å². The Labute approximate surface area is 84.5 Å².